The summed E-state index contributed by atoms with van der Waals surface area (Å²) in [6, 6.07) is 4.00. The Morgan fingerprint density at radius 1 is 1.30 bits per heavy atom. The minimum Gasteiger partial charge on any atom is -0.326 e. The number of nitrogens with two attached hydrogens (primary N) is 1. The van der Waals surface area contributed by atoms with Crippen LogP contribution in [0, 0.1) is 5.82 Å². The largest absolute Gasteiger partial charge is 0.326 e. The molecule has 4 N–H and O–H groups in total. The molecule has 110 valence electrons. The van der Waals surface area contributed by atoms with Gasteiger partial charge in [0.1, 0.15) is 5.82 Å². The molecule has 6 heteroatoms. The molecule has 0 unspecified atom stereocenters. The van der Waals surface area contributed by atoms with E-state index in [1.807, 2.05) is 13.8 Å². The summed E-state index contributed by atoms with van der Waals surface area (Å²) < 4.78 is 13.4. The Bertz CT molecular complexity index is 510. The third kappa shape index (κ3) is 5.79. The third-order valence-electron chi connectivity index (χ3n) is 2.56. The molecule has 0 bridgehead atoms. The van der Waals surface area contributed by atoms with E-state index in [1.54, 1.807) is 0 Å². The van der Waals surface area contributed by atoms with Crippen LogP contribution in [0.25, 0.3) is 0 Å². The lowest BCUT2D eigenvalue weighted by Crippen LogP contribution is -2.33. The van der Waals surface area contributed by atoms with Crippen LogP contribution in [0.3, 0.4) is 0 Å². The zero-order valence-corrected chi connectivity index (χ0v) is 11.9. The zero-order valence-electron chi connectivity index (χ0n) is 11.9. The first-order valence-corrected chi connectivity index (χ1v) is 6.33. The number of benzene rings is 1. The van der Waals surface area contributed by atoms with Gasteiger partial charge in [-0.05, 0) is 38.5 Å². The molecule has 1 aromatic rings. The van der Waals surface area contributed by atoms with E-state index in [0.717, 1.165) is 0 Å². The average molecular weight is 281 g/mol. The Balaban J connectivity index is 2.68. The number of carbonyl (C=O) groups is 2. The highest BCUT2D eigenvalue weighted by molar-refractivity contribution is 5.93. The van der Waals surface area contributed by atoms with E-state index in [2.05, 4.69) is 10.6 Å². The fourth-order valence-electron chi connectivity index (χ4n) is 1.55. The average Bonchev–Trinajstić information content (AvgIpc) is 2.29. The molecule has 1 rings (SSSR count). The molecule has 20 heavy (non-hydrogen) atoms. The van der Waals surface area contributed by atoms with E-state index >= 15 is 0 Å². The van der Waals surface area contributed by atoms with Gasteiger partial charge in [-0.25, -0.2) is 4.39 Å². The first kappa shape index (κ1) is 16.1. The van der Waals surface area contributed by atoms with Gasteiger partial charge in [0.05, 0.1) is 5.69 Å². The van der Waals surface area contributed by atoms with E-state index < -0.39 is 11.4 Å². The van der Waals surface area contributed by atoms with Gasteiger partial charge in [-0.15, -0.1) is 0 Å². The molecular formula is C14H20FN3O2. The van der Waals surface area contributed by atoms with Crippen molar-refractivity contribution in [3.05, 3.63) is 24.0 Å². The lowest BCUT2D eigenvalue weighted by atomic mass is 10.00. The Hall–Kier alpha value is -1.95. The SMILES string of the molecule is CC(=O)Nc1cc(NC(=O)CCC(C)(C)N)ccc1F. The van der Waals surface area contributed by atoms with E-state index in [1.165, 1.54) is 25.1 Å². The van der Waals surface area contributed by atoms with E-state index in [0.29, 0.717) is 12.1 Å². The smallest absolute Gasteiger partial charge is 0.224 e. The number of rotatable bonds is 5. The first-order valence-electron chi connectivity index (χ1n) is 6.33. The molecule has 1 aromatic carbocycles. The number of nitrogens with one attached hydrogen (secondary N) is 2. The molecular weight excluding hydrogens is 261 g/mol. The molecule has 0 saturated carbocycles. The van der Waals surface area contributed by atoms with Crippen LogP contribution in [0.2, 0.25) is 0 Å². The predicted molar refractivity (Wildman–Crippen MR) is 76.8 cm³/mol. The summed E-state index contributed by atoms with van der Waals surface area (Å²) in [6.45, 7) is 4.97. The number of halogens is 1. The van der Waals surface area contributed by atoms with Crippen molar-refractivity contribution in [3.63, 3.8) is 0 Å². The lowest BCUT2D eigenvalue weighted by molar-refractivity contribution is -0.116. The molecule has 2 amide bonds. The Kier molecular flexibility index (Phi) is 5.21. The van der Waals surface area contributed by atoms with Crippen LogP contribution in [0.15, 0.2) is 18.2 Å². The Morgan fingerprint density at radius 3 is 2.50 bits per heavy atom. The standard InChI is InChI=1S/C14H20FN3O2/c1-9(19)17-12-8-10(4-5-11(12)15)18-13(20)6-7-14(2,3)16/h4-5,8H,6-7,16H2,1-3H3,(H,17,19)(H,18,20). The predicted octanol–water partition coefficient (Wildman–Crippen LogP) is 2.24. The van der Waals surface area contributed by atoms with Gasteiger partial charge in [-0.3, -0.25) is 9.59 Å². The number of amides is 2. The van der Waals surface area contributed by atoms with Crippen LogP contribution in [-0.2, 0) is 9.59 Å². The van der Waals surface area contributed by atoms with Gasteiger partial charge >= 0.3 is 0 Å². The fraction of sp³-hybridized carbons (Fsp3) is 0.429. The minimum absolute atomic E-state index is 0.0365. The van der Waals surface area contributed by atoms with Gasteiger partial charge in [0, 0.05) is 24.6 Å². The van der Waals surface area contributed by atoms with Crippen molar-refractivity contribution in [2.75, 3.05) is 10.6 Å². The molecule has 0 spiro atoms. The Morgan fingerprint density at radius 2 is 1.95 bits per heavy atom. The summed E-state index contributed by atoms with van der Waals surface area (Å²) in [5, 5.41) is 5.00. The van der Waals surface area contributed by atoms with Crippen LogP contribution < -0.4 is 16.4 Å². The highest BCUT2D eigenvalue weighted by atomic mass is 19.1. The molecule has 5 nitrogen and oxygen atoms in total. The second-order valence-electron chi connectivity index (χ2n) is 5.41. The van der Waals surface area contributed by atoms with E-state index in [-0.39, 0.29) is 23.9 Å². The second-order valence-corrected chi connectivity index (χ2v) is 5.41. The summed E-state index contributed by atoms with van der Waals surface area (Å²) in [6.07, 6.45) is 0.814. The monoisotopic (exact) mass is 281 g/mol. The summed E-state index contributed by atoms with van der Waals surface area (Å²) in [4.78, 5) is 22.7. The van der Waals surface area contributed by atoms with Crippen LogP contribution in [-0.4, -0.2) is 17.4 Å². The molecule has 0 atom stereocenters. The highest BCUT2D eigenvalue weighted by Gasteiger charge is 2.14. The maximum atomic E-state index is 13.4. The van der Waals surface area contributed by atoms with Gasteiger partial charge in [0.25, 0.3) is 0 Å². The van der Waals surface area contributed by atoms with Gasteiger partial charge in [-0.2, -0.15) is 0 Å². The third-order valence-corrected chi connectivity index (χ3v) is 2.56. The molecule has 0 aliphatic heterocycles. The molecule has 0 saturated heterocycles. The van der Waals surface area contributed by atoms with Gasteiger partial charge < -0.3 is 16.4 Å². The number of hydrogen-bond donors (Lipinski definition) is 3. The first-order chi connectivity index (χ1) is 9.17. The van der Waals surface area contributed by atoms with Crippen LogP contribution in [0.1, 0.15) is 33.6 Å². The van der Waals surface area contributed by atoms with Crippen LogP contribution in [0.4, 0.5) is 15.8 Å². The summed E-state index contributed by atoms with van der Waals surface area (Å²) in [7, 11) is 0. The van der Waals surface area contributed by atoms with Crippen molar-refractivity contribution < 1.29 is 14.0 Å². The summed E-state index contributed by atoms with van der Waals surface area (Å²) in [5.74, 6) is -1.14. The zero-order chi connectivity index (χ0) is 15.3. The molecule has 0 aromatic heterocycles. The van der Waals surface area contributed by atoms with Crippen molar-refractivity contribution in [2.45, 2.75) is 39.2 Å². The number of anilines is 2. The summed E-state index contributed by atoms with van der Waals surface area (Å²) in [5.41, 5.74) is 5.85. The highest BCUT2D eigenvalue weighted by Crippen LogP contribution is 2.20. The summed E-state index contributed by atoms with van der Waals surface area (Å²) >= 11 is 0. The van der Waals surface area contributed by atoms with Gasteiger partial charge in [-0.1, -0.05) is 0 Å². The quantitative estimate of drug-likeness (QED) is 0.774. The molecule has 0 aliphatic carbocycles. The fourth-order valence-corrected chi connectivity index (χ4v) is 1.55. The van der Waals surface area contributed by atoms with Gasteiger partial charge in [0.15, 0.2) is 0 Å². The number of hydrogen-bond acceptors (Lipinski definition) is 3. The second kappa shape index (κ2) is 6.47. The molecule has 0 heterocycles. The van der Waals surface area contributed by atoms with Crippen molar-refractivity contribution in [3.8, 4) is 0 Å². The van der Waals surface area contributed by atoms with Crippen LogP contribution >= 0.6 is 0 Å². The lowest BCUT2D eigenvalue weighted by Gasteiger charge is -2.17. The maximum Gasteiger partial charge on any atom is 0.224 e. The topological polar surface area (TPSA) is 84.2 Å². The van der Waals surface area contributed by atoms with Crippen LogP contribution in [0.5, 0.6) is 0 Å². The van der Waals surface area contributed by atoms with Crippen molar-refractivity contribution in [2.24, 2.45) is 5.73 Å². The van der Waals surface area contributed by atoms with Crippen molar-refractivity contribution in [1.82, 2.24) is 0 Å². The van der Waals surface area contributed by atoms with E-state index in [9.17, 15) is 14.0 Å². The normalized spacial score (nSPS) is 11.1. The molecule has 0 fully saturated rings. The van der Waals surface area contributed by atoms with Gasteiger partial charge in [0.2, 0.25) is 11.8 Å². The Labute approximate surface area is 117 Å². The van der Waals surface area contributed by atoms with E-state index in [4.69, 9.17) is 5.73 Å². The molecule has 0 aliphatic rings. The minimum atomic E-state index is -0.554. The van der Waals surface area contributed by atoms with Crippen molar-refractivity contribution >= 4 is 23.2 Å². The molecule has 0 radical (unpaired) electrons. The number of carbonyl (C=O) groups excluding carboxylic acids is 2. The maximum absolute atomic E-state index is 13.4. The van der Waals surface area contributed by atoms with Crippen molar-refractivity contribution in [1.29, 1.82) is 0 Å².